The van der Waals surface area contributed by atoms with E-state index in [0.29, 0.717) is 12.0 Å². The number of likely N-dealkylation sites (tertiary alicyclic amines) is 1. The van der Waals surface area contributed by atoms with Crippen molar-refractivity contribution < 1.29 is 13.2 Å². The number of primary sulfonamides is 1. The minimum atomic E-state index is -3.67. The maximum atomic E-state index is 12.3. The number of carbonyl (C=O) groups excluding carboxylic acids is 1. The van der Waals surface area contributed by atoms with Crippen LogP contribution in [0.4, 0.5) is 0 Å². The molecule has 1 atom stereocenters. The Hall–Kier alpha value is -0.920. The van der Waals surface area contributed by atoms with Crippen molar-refractivity contribution in [3.8, 4) is 0 Å². The van der Waals surface area contributed by atoms with Gasteiger partial charge in [0.25, 0.3) is 0 Å². The molecule has 112 valence electrons. The van der Waals surface area contributed by atoms with Crippen molar-refractivity contribution in [2.24, 2.45) is 11.1 Å². The first-order valence-electron chi connectivity index (χ1n) is 6.70. The maximum Gasteiger partial charge on any atom is 0.247 e. The highest BCUT2D eigenvalue weighted by Gasteiger charge is 2.30. The normalized spacial score (nSPS) is 19.8. The van der Waals surface area contributed by atoms with E-state index >= 15 is 0 Å². The van der Waals surface area contributed by atoms with Crippen LogP contribution >= 0.6 is 11.3 Å². The fourth-order valence-electron chi connectivity index (χ4n) is 2.65. The lowest BCUT2D eigenvalue weighted by molar-refractivity contribution is -0.131. The Morgan fingerprint density at radius 3 is 2.75 bits per heavy atom. The molecule has 1 aliphatic heterocycles. The van der Waals surface area contributed by atoms with E-state index in [1.165, 1.54) is 6.07 Å². The molecule has 1 amide bonds. The van der Waals surface area contributed by atoms with Crippen molar-refractivity contribution in [2.45, 2.75) is 43.4 Å². The minimum absolute atomic E-state index is 0.0732. The molecule has 0 spiro atoms. The van der Waals surface area contributed by atoms with Gasteiger partial charge in [0.2, 0.25) is 15.9 Å². The SMILES string of the molecule is CC(C)C1CCCN1C(=O)Cc1ccc(S(N)(=O)=O)s1. The van der Waals surface area contributed by atoms with Gasteiger partial charge in [-0.05, 0) is 30.9 Å². The zero-order valence-corrected chi connectivity index (χ0v) is 13.3. The third kappa shape index (κ3) is 3.39. The maximum absolute atomic E-state index is 12.3. The topological polar surface area (TPSA) is 80.5 Å². The van der Waals surface area contributed by atoms with Gasteiger partial charge in [-0.3, -0.25) is 4.79 Å². The number of amides is 1. The van der Waals surface area contributed by atoms with E-state index in [2.05, 4.69) is 13.8 Å². The summed E-state index contributed by atoms with van der Waals surface area (Å²) in [6.07, 6.45) is 2.35. The summed E-state index contributed by atoms with van der Waals surface area (Å²) in [5, 5.41) is 5.07. The van der Waals surface area contributed by atoms with E-state index in [9.17, 15) is 13.2 Å². The predicted octanol–water partition coefficient (Wildman–Crippen LogP) is 1.59. The van der Waals surface area contributed by atoms with Gasteiger partial charge in [0.1, 0.15) is 4.21 Å². The molecule has 20 heavy (non-hydrogen) atoms. The quantitative estimate of drug-likeness (QED) is 0.916. The van der Waals surface area contributed by atoms with Gasteiger partial charge < -0.3 is 4.90 Å². The number of hydrogen-bond acceptors (Lipinski definition) is 4. The molecule has 1 fully saturated rings. The summed E-state index contributed by atoms with van der Waals surface area (Å²) in [6, 6.07) is 3.44. The highest BCUT2D eigenvalue weighted by atomic mass is 32.2. The number of nitrogens with zero attached hydrogens (tertiary/aromatic N) is 1. The molecule has 0 aromatic carbocycles. The summed E-state index contributed by atoms with van der Waals surface area (Å²) >= 11 is 1.08. The van der Waals surface area contributed by atoms with E-state index in [4.69, 9.17) is 5.14 Å². The van der Waals surface area contributed by atoms with Crippen molar-refractivity contribution in [3.05, 3.63) is 17.0 Å². The molecule has 0 bridgehead atoms. The van der Waals surface area contributed by atoms with Gasteiger partial charge in [0.05, 0.1) is 6.42 Å². The molecule has 2 heterocycles. The smallest absolute Gasteiger partial charge is 0.247 e. The van der Waals surface area contributed by atoms with E-state index in [1.807, 2.05) is 4.90 Å². The van der Waals surface area contributed by atoms with Gasteiger partial charge in [0, 0.05) is 17.5 Å². The molecule has 1 aromatic heterocycles. The summed E-state index contributed by atoms with van der Waals surface area (Å²) in [5.74, 6) is 0.522. The van der Waals surface area contributed by atoms with Crippen LogP contribution in [0.25, 0.3) is 0 Å². The zero-order valence-electron chi connectivity index (χ0n) is 11.7. The highest BCUT2D eigenvalue weighted by Crippen LogP contribution is 2.26. The number of sulfonamides is 1. The van der Waals surface area contributed by atoms with Gasteiger partial charge in [-0.15, -0.1) is 11.3 Å². The number of thiophene rings is 1. The predicted molar refractivity (Wildman–Crippen MR) is 79.0 cm³/mol. The third-order valence-corrected chi connectivity index (χ3v) is 6.16. The molecular weight excluding hydrogens is 296 g/mol. The molecule has 0 saturated carbocycles. The van der Waals surface area contributed by atoms with Crippen molar-refractivity contribution in [2.75, 3.05) is 6.54 Å². The van der Waals surface area contributed by atoms with Crippen LogP contribution in [0.3, 0.4) is 0 Å². The molecule has 1 unspecified atom stereocenters. The molecule has 0 radical (unpaired) electrons. The highest BCUT2D eigenvalue weighted by molar-refractivity contribution is 7.91. The van der Waals surface area contributed by atoms with Crippen LogP contribution in [-0.4, -0.2) is 31.8 Å². The minimum Gasteiger partial charge on any atom is -0.339 e. The Morgan fingerprint density at radius 1 is 1.50 bits per heavy atom. The second-order valence-corrected chi connectivity index (χ2v) is 8.44. The zero-order chi connectivity index (χ0) is 14.9. The van der Waals surface area contributed by atoms with Gasteiger partial charge >= 0.3 is 0 Å². The molecule has 7 heteroatoms. The third-order valence-electron chi connectivity index (χ3n) is 3.63. The largest absolute Gasteiger partial charge is 0.339 e. The summed E-state index contributed by atoms with van der Waals surface area (Å²) in [7, 11) is -3.67. The van der Waals surface area contributed by atoms with Crippen LogP contribution in [-0.2, 0) is 21.2 Å². The van der Waals surface area contributed by atoms with Crippen LogP contribution in [0, 0.1) is 5.92 Å². The molecule has 2 N–H and O–H groups in total. The van der Waals surface area contributed by atoms with Crippen LogP contribution < -0.4 is 5.14 Å². The molecule has 2 rings (SSSR count). The Labute approximate surface area is 123 Å². The fourth-order valence-corrected chi connectivity index (χ4v) is 4.42. The molecule has 1 saturated heterocycles. The van der Waals surface area contributed by atoms with E-state index in [0.717, 1.165) is 35.6 Å². The van der Waals surface area contributed by atoms with Gasteiger partial charge in [-0.25, -0.2) is 13.6 Å². The molecule has 5 nitrogen and oxygen atoms in total. The van der Waals surface area contributed by atoms with Crippen molar-refractivity contribution in [3.63, 3.8) is 0 Å². The van der Waals surface area contributed by atoms with Crippen LogP contribution in [0.1, 0.15) is 31.6 Å². The first-order chi connectivity index (χ1) is 9.29. The molecule has 0 aliphatic carbocycles. The molecule has 1 aromatic rings. The summed E-state index contributed by atoms with van der Waals surface area (Å²) < 4.78 is 22.6. The van der Waals surface area contributed by atoms with Gasteiger partial charge in [-0.1, -0.05) is 13.8 Å². The summed E-state index contributed by atoms with van der Waals surface area (Å²) in [4.78, 5) is 15.0. The van der Waals surface area contributed by atoms with Crippen LogP contribution in [0.2, 0.25) is 0 Å². The molecule has 1 aliphatic rings. The van der Waals surface area contributed by atoms with E-state index in [1.54, 1.807) is 6.07 Å². The van der Waals surface area contributed by atoms with E-state index < -0.39 is 10.0 Å². The second-order valence-electron chi connectivity index (χ2n) is 5.48. The van der Waals surface area contributed by atoms with Gasteiger partial charge in [-0.2, -0.15) is 0 Å². The van der Waals surface area contributed by atoms with Crippen molar-refractivity contribution >= 4 is 27.3 Å². The number of hydrogen-bond donors (Lipinski definition) is 1. The standard InChI is InChI=1S/C13H20N2O3S2/c1-9(2)11-4-3-7-15(11)12(16)8-10-5-6-13(19-10)20(14,17)18/h5-6,9,11H,3-4,7-8H2,1-2H3,(H2,14,17,18). The van der Waals surface area contributed by atoms with E-state index in [-0.39, 0.29) is 16.5 Å². The average Bonchev–Trinajstić information content (AvgIpc) is 2.95. The first-order valence-corrected chi connectivity index (χ1v) is 9.06. The lowest BCUT2D eigenvalue weighted by atomic mass is 10.0. The lowest BCUT2D eigenvalue weighted by Crippen LogP contribution is -2.39. The summed E-state index contributed by atoms with van der Waals surface area (Å²) in [6.45, 7) is 5.05. The number of rotatable bonds is 4. The van der Waals surface area contributed by atoms with Gasteiger partial charge in [0.15, 0.2) is 0 Å². The van der Waals surface area contributed by atoms with Crippen molar-refractivity contribution in [1.29, 1.82) is 0 Å². The Bertz CT molecular complexity index is 593. The second kappa shape index (κ2) is 5.83. The fraction of sp³-hybridized carbons (Fsp3) is 0.615. The Balaban J connectivity index is 2.06. The first kappa shape index (κ1) is 15.5. The Kier molecular flexibility index (Phi) is 4.51. The van der Waals surface area contributed by atoms with Crippen molar-refractivity contribution in [1.82, 2.24) is 4.90 Å². The molecular formula is C13H20N2O3S2. The van der Waals surface area contributed by atoms with Crippen LogP contribution in [0.5, 0.6) is 0 Å². The monoisotopic (exact) mass is 316 g/mol. The summed E-state index contributed by atoms with van der Waals surface area (Å²) in [5.41, 5.74) is 0. The van der Waals surface area contributed by atoms with Crippen LogP contribution in [0.15, 0.2) is 16.3 Å². The Morgan fingerprint density at radius 2 is 2.20 bits per heavy atom. The average molecular weight is 316 g/mol. The number of carbonyl (C=O) groups is 1. The number of nitrogens with two attached hydrogens (primary N) is 1. The lowest BCUT2D eigenvalue weighted by Gasteiger charge is -2.27.